The predicted molar refractivity (Wildman–Crippen MR) is 147 cm³/mol. The summed E-state index contributed by atoms with van der Waals surface area (Å²) in [5, 5.41) is 11.8. The summed E-state index contributed by atoms with van der Waals surface area (Å²) < 4.78 is 20.0. The molecule has 190 valence electrons. The summed E-state index contributed by atoms with van der Waals surface area (Å²) in [7, 11) is 0. The van der Waals surface area contributed by atoms with Gasteiger partial charge in [-0.15, -0.1) is 11.3 Å². The molecule has 38 heavy (non-hydrogen) atoms. The summed E-state index contributed by atoms with van der Waals surface area (Å²) in [5.41, 5.74) is 6.89. The highest BCUT2D eigenvalue weighted by Gasteiger charge is 2.19. The standard InChI is InChI=1S/C28H24FN7OS/c1-15-10-22-21(12-20(15)16-11-18(14-31-13-16)37-17-4-7-30-8-5-17)26(36-35-22)28-33-25-19(6-9-32-27(25)34-28)23-2-3-24(29)38-23/h2-3,6,9-14,17,30H,4-5,7-8H2,1H3,(H,35,36)(H,32,33,34). The number of rotatable bonds is 5. The van der Waals surface area contributed by atoms with Crippen LogP contribution in [0.4, 0.5) is 4.39 Å². The van der Waals surface area contributed by atoms with Crippen LogP contribution < -0.4 is 10.1 Å². The summed E-state index contributed by atoms with van der Waals surface area (Å²) in [4.78, 5) is 17.8. The van der Waals surface area contributed by atoms with Crippen molar-refractivity contribution in [3.05, 3.63) is 65.7 Å². The van der Waals surface area contributed by atoms with E-state index in [0.29, 0.717) is 17.2 Å². The first-order valence-electron chi connectivity index (χ1n) is 12.5. The number of nitrogens with zero attached hydrogens (tertiary/aromatic N) is 4. The van der Waals surface area contributed by atoms with E-state index in [0.717, 1.165) is 86.6 Å². The lowest BCUT2D eigenvalue weighted by Gasteiger charge is -2.23. The van der Waals surface area contributed by atoms with E-state index in [2.05, 4.69) is 55.6 Å². The van der Waals surface area contributed by atoms with Crippen molar-refractivity contribution in [3.8, 4) is 38.8 Å². The van der Waals surface area contributed by atoms with Crippen LogP contribution in [0.25, 0.3) is 55.2 Å². The van der Waals surface area contributed by atoms with Gasteiger partial charge in [-0.1, -0.05) is 0 Å². The molecule has 5 aromatic heterocycles. The van der Waals surface area contributed by atoms with E-state index in [1.807, 2.05) is 12.3 Å². The van der Waals surface area contributed by atoms with Crippen molar-refractivity contribution in [1.29, 1.82) is 0 Å². The van der Waals surface area contributed by atoms with Crippen LogP contribution in [-0.4, -0.2) is 49.3 Å². The minimum Gasteiger partial charge on any atom is -0.489 e. The van der Waals surface area contributed by atoms with Crippen molar-refractivity contribution >= 4 is 33.4 Å². The number of hydrogen-bond donors (Lipinski definition) is 3. The van der Waals surface area contributed by atoms with Gasteiger partial charge in [-0.2, -0.15) is 9.49 Å². The molecule has 1 aliphatic heterocycles. The molecule has 3 N–H and O–H groups in total. The van der Waals surface area contributed by atoms with Gasteiger partial charge in [0.15, 0.2) is 16.6 Å². The fraction of sp³-hybridized carbons (Fsp3) is 0.214. The van der Waals surface area contributed by atoms with E-state index < -0.39 is 0 Å². The number of piperidine rings is 1. The number of hydrogen-bond acceptors (Lipinski definition) is 7. The quantitative estimate of drug-likeness (QED) is 0.260. The van der Waals surface area contributed by atoms with Crippen LogP contribution in [0.15, 0.2) is 55.0 Å². The lowest BCUT2D eigenvalue weighted by Crippen LogP contribution is -2.34. The Morgan fingerprint density at radius 2 is 1.95 bits per heavy atom. The molecule has 0 atom stereocenters. The topological polar surface area (TPSA) is 104 Å². The van der Waals surface area contributed by atoms with Gasteiger partial charge in [0.05, 0.1) is 17.2 Å². The third kappa shape index (κ3) is 4.11. The minimum absolute atomic E-state index is 0.203. The number of fused-ring (bicyclic) bond motifs is 2. The molecule has 0 aliphatic carbocycles. The number of aromatic amines is 2. The van der Waals surface area contributed by atoms with E-state index in [-0.39, 0.29) is 11.2 Å². The predicted octanol–water partition coefficient (Wildman–Crippen LogP) is 5.87. The van der Waals surface area contributed by atoms with Crippen molar-refractivity contribution in [3.63, 3.8) is 0 Å². The molecule has 0 spiro atoms. The molecule has 0 unspecified atom stereocenters. The second-order valence-corrected chi connectivity index (χ2v) is 10.5. The van der Waals surface area contributed by atoms with Crippen molar-refractivity contribution in [2.45, 2.75) is 25.9 Å². The molecule has 10 heteroatoms. The zero-order chi connectivity index (χ0) is 25.6. The Labute approximate surface area is 221 Å². The monoisotopic (exact) mass is 525 g/mol. The van der Waals surface area contributed by atoms with Crippen molar-refractivity contribution < 1.29 is 9.13 Å². The maximum atomic E-state index is 13.7. The van der Waals surface area contributed by atoms with Crippen LogP contribution in [-0.2, 0) is 0 Å². The summed E-state index contributed by atoms with van der Waals surface area (Å²) in [6.07, 6.45) is 7.51. The Balaban J connectivity index is 1.28. The minimum atomic E-state index is -0.231. The van der Waals surface area contributed by atoms with Crippen molar-refractivity contribution in [1.82, 2.24) is 35.5 Å². The van der Waals surface area contributed by atoms with E-state index in [1.165, 1.54) is 6.07 Å². The highest BCUT2D eigenvalue weighted by atomic mass is 32.1. The Bertz CT molecular complexity index is 1780. The van der Waals surface area contributed by atoms with Crippen LogP contribution in [0, 0.1) is 12.1 Å². The number of aromatic nitrogens is 6. The molecule has 0 amide bonds. The van der Waals surface area contributed by atoms with Crippen LogP contribution in [0.1, 0.15) is 18.4 Å². The van der Waals surface area contributed by atoms with E-state index in [4.69, 9.17) is 9.72 Å². The smallest absolute Gasteiger partial charge is 0.178 e. The lowest BCUT2D eigenvalue weighted by molar-refractivity contribution is 0.162. The first kappa shape index (κ1) is 23.0. The van der Waals surface area contributed by atoms with Crippen LogP contribution >= 0.6 is 11.3 Å². The third-order valence-corrected chi connectivity index (χ3v) is 7.88. The fourth-order valence-electron chi connectivity index (χ4n) is 5.09. The zero-order valence-electron chi connectivity index (χ0n) is 20.6. The number of thiophene rings is 1. The van der Waals surface area contributed by atoms with Gasteiger partial charge >= 0.3 is 0 Å². The second-order valence-electron chi connectivity index (χ2n) is 9.51. The molecule has 6 aromatic rings. The first-order chi connectivity index (χ1) is 18.6. The van der Waals surface area contributed by atoms with Gasteiger partial charge in [0.25, 0.3) is 0 Å². The SMILES string of the molecule is Cc1cc2[nH]nc(-c3nc4nccc(-c5ccc(F)s5)c4[nH]3)c2cc1-c1cncc(OC2CCNCC2)c1. The summed E-state index contributed by atoms with van der Waals surface area (Å²) in [5.74, 6) is 1.38. The van der Waals surface area contributed by atoms with Gasteiger partial charge in [0, 0.05) is 33.8 Å². The van der Waals surface area contributed by atoms with E-state index >= 15 is 0 Å². The van der Waals surface area contributed by atoms with Crippen molar-refractivity contribution in [2.75, 3.05) is 13.1 Å². The van der Waals surface area contributed by atoms with Gasteiger partial charge in [-0.3, -0.25) is 10.1 Å². The van der Waals surface area contributed by atoms with Gasteiger partial charge < -0.3 is 15.0 Å². The Hall–Kier alpha value is -4.15. The number of benzene rings is 1. The zero-order valence-corrected chi connectivity index (χ0v) is 21.4. The largest absolute Gasteiger partial charge is 0.489 e. The van der Waals surface area contributed by atoms with Crippen LogP contribution in [0.5, 0.6) is 5.75 Å². The number of nitrogens with one attached hydrogen (secondary N) is 3. The fourth-order valence-corrected chi connectivity index (χ4v) is 5.85. The molecule has 8 nitrogen and oxygen atoms in total. The number of imidazole rings is 1. The van der Waals surface area contributed by atoms with Crippen LogP contribution in [0.2, 0.25) is 0 Å². The molecule has 1 fully saturated rings. The molecule has 0 bridgehead atoms. The first-order valence-corrected chi connectivity index (χ1v) is 13.4. The molecular formula is C28H24FN7OS. The average molecular weight is 526 g/mol. The number of pyridine rings is 2. The van der Waals surface area contributed by atoms with Gasteiger partial charge in [0.1, 0.15) is 17.5 Å². The molecule has 1 saturated heterocycles. The number of H-pyrrole nitrogens is 2. The van der Waals surface area contributed by atoms with E-state index in [9.17, 15) is 4.39 Å². The number of aryl methyl sites for hydroxylation is 1. The second kappa shape index (κ2) is 9.30. The van der Waals surface area contributed by atoms with Crippen LogP contribution in [0.3, 0.4) is 0 Å². The maximum absolute atomic E-state index is 13.7. The average Bonchev–Trinajstić information content (AvgIpc) is 3.66. The van der Waals surface area contributed by atoms with E-state index in [1.54, 1.807) is 18.5 Å². The van der Waals surface area contributed by atoms with Gasteiger partial charge in [-0.05, 0) is 80.4 Å². The molecule has 0 radical (unpaired) electrons. The van der Waals surface area contributed by atoms with Gasteiger partial charge in [-0.25, -0.2) is 9.97 Å². The molecular weight excluding hydrogens is 501 g/mol. The molecule has 7 rings (SSSR count). The molecule has 1 aliphatic rings. The summed E-state index contributed by atoms with van der Waals surface area (Å²) >= 11 is 1.09. The Kier molecular flexibility index (Phi) is 5.63. The number of ether oxygens (including phenoxy) is 1. The van der Waals surface area contributed by atoms with Crippen molar-refractivity contribution in [2.24, 2.45) is 0 Å². The Morgan fingerprint density at radius 1 is 1.05 bits per heavy atom. The highest BCUT2D eigenvalue weighted by Crippen LogP contribution is 2.36. The molecule has 0 saturated carbocycles. The molecule has 1 aromatic carbocycles. The maximum Gasteiger partial charge on any atom is 0.178 e. The normalized spacial score (nSPS) is 14.5. The highest BCUT2D eigenvalue weighted by molar-refractivity contribution is 7.14. The molecule has 6 heterocycles. The lowest BCUT2D eigenvalue weighted by atomic mass is 9.99. The number of halogens is 1. The third-order valence-electron chi connectivity index (χ3n) is 6.98. The summed E-state index contributed by atoms with van der Waals surface area (Å²) in [6.45, 7) is 4.02. The summed E-state index contributed by atoms with van der Waals surface area (Å²) in [6, 6.07) is 11.4. The Morgan fingerprint density at radius 3 is 2.79 bits per heavy atom. The van der Waals surface area contributed by atoms with Gasteiger partial charge in [0.2, 0.25) is 0 Å².